The summed E-state index contributed by atoms with van der Waals surface area (Å²) in [5.74, 6) is 0. The van der Waals surface area contributed by atoms with Crippen LogP contribution in [0.3, 0.4) is 0 Å². The summed E-state index contributed by atoms with van der Waals surface area (Å²) < 4.78 is 42.6. The van der Waals surface area contributed by atoms with Gasteiger partial charge in [-0.2, -0.15) is 13.2 Å². The predicted molar refractivity (Wildman–Crippen MR) is 74.6 cm³/mol. The highest BCUT2D eigenvalue weighted by Crippen LogP contribution is 2.29. The van der Waals surface area contributed by atoms with E-state index in [1.54, 1.807) is 0 Å². The minimum Gasteiger partial charge on any atom is -0.376 e. The lowest BCUT2D eigenvalue weighted by atomic mass is 10.2. The molecular formula is C13H15F3N2OS. The highest BCUT2D eigenvalue weighted by molar-refractivity contribution is 7.80. The fourth-order valence-corrected chi connectivity index (χ4v) is 2.13. The Hall–Kier alpha value is -1.34. The van der Waals surface area contributed by atoms with Crippen molar-refractivity contribution in [1.82, 2.24) is 5.32 Å². The van der Waals surface area contributed by atoms with Crippen LogP contribution in [0.5, 0.6) is 0 Å². The molecule has 1 heterocycles. The molecule has 0 saturated carbocycles. The number of anilines is 1. The Morgan fingerprint density at radius 3 is 2.55 bits per heavy atom. The normalized spacial score (nSPS) is 18.9. The molecule has 1 fully saturated rings. The van der Waals surface area contributed by atoms with Gasteiger partial charge in [-0.25, -0.2) is 0 Å². The van der Waals surface area contributed by atoms with Crippen LogP contribution in [0, 0.1) is 0 Å². The Labute approximate surface area is 120 Å². The second-order valence-electron chi connectivity index (χ2n) is 4.55. The van der Waals surface area contributed by atoms with Gasteiger partial charge in [-0.15, -0.1) is 0 Å². The number of rotatable bonds is 3. The molecule has 0 aromatic heterocycles. The van der Waals surface area contributed by atoms with Crippen molar-refractivity contribution >= 4 is 23.0 Å². The van der Waals surface area contributed by atoms with Crippen LogP contribution < -0.4 is 10.6 Å². The molecule has 110 valence electrons. The quantitative estimate of drug-likeness (QED) is 0.840. The van der Waals surface area contributed by atoms with Crippen molar-refractivity contribution in [3.8, 4) is 0 Å². The highest BCUT2D eigenvalue weighted by Gasteiger charge is 2.29. The molecule has 0 spiro atoms. The first kappa shape index (κ1) is 15.1. The van der Waals surface area contributed by atoms with Gasteiger partial charge in [-0.05, 0) is 49.3 Å². The van der Waals surface area contributed by atoms with E-state index in [1.165, 1.54) is 12.1 Å². The fourth-order valence-electron chi connectivity index (χ4n) is 1.93. The second-order valence-corrected chi connectivity index (χ2v) is 4.95. The molecule has 20 heavy (non-hydrogen) atoms. The third kappa shape index (κ3) is 4.35. The Morgan fingerprint density at radius 2 is 2.00 bits per heavy atom. The van der Waals surface area contributed by atoms with E-state index in [0.29, 0.717) is 17.3 Å². The maximum atomic E-state index is 12.4. The third-order valence-corrected chi connectivity index (χ3v) is 3.23. The number of hydrogen-bond donors (Lipinski definition) is 2. The number of benzene rings is 1. The highest BCUT2D eigenvalue weighted by atomic mass is 32.1. The molecular weight excluding hydrogens is 289 g/mol. The lowest BCUT2D eigenvalue weighted by Gasteiger charge is -2.14. The molecule has 0 aliphatic carbocycles. The van der Waals surface area contributed by atoms with E-state index in [2.05, 4.69) is 10.6 Å². The molecule has 3 nitrogen and oxygen atoms in total. The average molecular weight is 304 g/mol. The Balaban J connectivity index is 1.81. The first-order chi connectivity index (χ1) is 9.45. The number of nitrogens with one attached hydrogen (secondary N) is 2. The number of hydrogen-bond acceptors (Lipinski definition) is 2. The molecule has 1 saturated heterocycles. The van der Waals surface area contributed by atoms with Crippen LogP contribution in [0.15, 0.2) is 24.3 Å². The predicted octanol–water partition coefficient (Wildman–Crippen LogP) is 3.17. The maximum absolute atomic E-state index is 12.4. The summed E-state index contributed by atoms with van der Waals surface area (Å²) in [6.07, 6.45) is -2.12. The standard InChI is InChI=1S/C13H15F3N2OS/c14-13(15,16)9-3-5-10(6-4-9)18-12(20)17-8-11-2-1-7-19-11/h3-6,11H,1-2,7-8H2,(H2,17,18,20)/t11-/m0/s1. The molecule has 0 amide bonds. The molecule has 0 unspecified atom stereocenters. The molecule has 1 aromatic rings. The zero-order valence-electron chi connectivity index (χ0n) is 10.7. The van der Waals surface area contributed by atoms with E-state index in [0.717, 1.165) is 31.6 Å². The average Bonchev–Trinajstić information content (AvgIpc) is 2.89. The first-order valence-corrected chi connectivity index (χ1v) is 6.70. The van der Waals surface area contributed by atoms with Crippen molar-refractivity contribution in [3.63, 3.8) is 0 Å². The number of thiocarbonyl (C=S) groups is 1. The molecule has 1 aliphatic rings. The number of alkyl halides is 3. The van der Waals surface area contributed by atoms with Gasteiger partial charge in [0.25, 0.3) is 0 Å². The van der Waals surface area contributed by atoms with Crippen LogP contribution in [0.1, 0.15) is 18.4 Å². The molecule has 0 radical (unpaired) electrons. The number of ether oxygens (including phenoxy) is 1. The van der Waals surface area contributed by atoms with E-state index >= 15 is 0 Å². The zero-order chi connectivity index (χ0) is 14.6. The summed E-state index contributed by atoms with van der Waals surface area (Å²) in [6, 6.07) is 4.74. The Kier molecular flexibility index (Phi) is 4.82. The van der Waals surface area contributed by atoms with E-state index in [9.17, 15) is 13.2 Å². The Bertz CT molecular complexity index is 456. The summed E-state index contributed by atoms with van der Waals surface area (Å²) in [7, 11) is 0. The maximum Gasteiger partial charge on any atom is 0.416 e. The zero-order valence-corrected chi connectivity index (χ0v) is 11.5. The van der Waals surface area contributed by atoms with Crippen LogP contribution in [0.2, 0.25) is 0 Å². The van der Waals surface area contributed by atoms with Crippen LogP contribution in [-0.2, 0) is 10.9 Å². The van der Waals surface area contributed by atoms with E-state index in [-0.39, 0.29) is 6.10 Å². The minimum atomic E-state index is -4.32. The van der Waals surface area contributed by atoms with Crippen molar-refractivity contribution in [2.45, 2.75) is 25.1 Å². The molecule has 7 heteroatoms. The van der Waals surface area contributed by atoms with Crippen molar-refractivity contribution < 1.29 is 17.9 Å². The van der Waals surface area contributed by atoms with Gasteiger partial charge in [-0.1, -0.05) is 0 Å². The number of halogens is 3. The summed E-state index contributed by atoms with van der Waals surface area (Å²) in [6.45, 7) is 1.37. The lowest BCUT2D eigenvalue weighted by Crippen LogP contribution is -2.34. The van der Waals surface area contributed by atoms with Gasteiger partial charge in [0.1, 0.15) is 0 Å². The van der Waals surface area contributed by atoms with E-state index < -0.39 is 11.7 Å². The molecule has 1 atom stereocenters. The molecule has 0 bridgehead atoms. The van der Waals surface area contributed by atoms with Crippen LogP contribution in [0.25, 0.3) is 0 Å². The monoisotopic (exact) mass is 304 g/mol. The van der Waals surface area contributed by atoms with Gasteiger partial charge in [0, 0.05) is 18.8 Å². The van der Waals surface area contributed by atoms with Crippen molar-refractivity contribution in [3.05, 3.63) is 29.8 Å². The lowest BCUT2D eigenvalue weighted by molar-refractivity contribution is -0.137. The van der Waals surface area contributed by atoms with Crippen LogP contribution in [0.4, 0.5) is 18.9 Å². The topological polar surface area (TPSA) is 33.3 Å². The summed E-state index contributed by atoms with van der Waals surface area (Å²) >= 11 is 5.08. The first-order valence-electron chi connectivity index (χ1n) is 6.29. The van der Waals surface area contributed by atoms with Crippen molar-refractivity contribution in [2.75, 3.05) is 18.5 Å². The van der Waals surface area contributed by atoms with Crippen LogP contribution >= 0.6 is 12.2 Å². The SMILES string of the molecule is FC(F)(F)c1ccc(NC(=S)NC[C@@H]2CCCO2)cc1. The molecule has 1 aromatic carbocycles. The third-order valence-electron chi connectivity index (χ3n) is 2.98. The smallest absolute Gasteiger partial charge is 0.376 e. The van der Waals surface area contributed by atoms with Gasteiger partial charge in [0.05, 0.1) is 11.7 Å². The van der Waals surface area contributed by atoms with Gasteiger partial charge < -0.3 is 15.4 Å². The summed E-state index contributed by atoms with van der Waals surface area (Å²) in [5, 5.41) is 6.21. The van der Waals surface area contributed by atoms with Crippen molar-refractivity contribution in [2.24, 2.45) is 0 Å². The van der Waals surface area contributed by atoms with E-state index in [4.69, 9.17) is 17.0 Å². The fraction of sp³-hybridized carbons (Fsp3) is 0.462. The second kappa shape index (κ2) is 6.41. The van der Waals surface area contributed by atoms with Gasteiger partial charge >= 0.3 is 6.18 Å². The molecule has 1 aliphatic heterocycles. The molecule has 2 rings (SSSR count). The largest absolute Gasteiger partial charge is 0.416 e. The summed E-state index contributed by atoms with van der Waals surface area (Å²) in [5.41, 5.74) is -0.163. The Morgan fingerprint density at radius 1 is 1.30 bits per heavy atom. The van der Waals surface area contributed by atoms with Gasteiger partial charge in [0.15, 0.2) is 5.11 Å². The van der Waals surface area contributed by atoms with Crippen LogP contribution in [-0.4, -0.2) is 24.4 Å². The minimum absolute atomic E-state index is 0.155. The molecule has 2 N–H and O–H groups in total. The summed E-state index contributed by atoms with van der Waals surface area (Å²) in [4.78, 5) is 0. The van der Waals surface area contributed by atoms with E-state index in [1.807, 2.05) is 0 Å². The van der Waals surface area contributed by atoms with Crippen molar-refractivity contribution in [1.29, 1.82) is 0 Å². The van der Waals surface area contributed by atoms with Gasteiger partial charge in [0.2, 0.25) is 0 Å². The van der Waals surface area contributed by atoms with Gasteiger partial charge in [-0.3, -0.25) is 0 Å².